The topological polar surface area (TPSA) is 29.1 Å². The molecule has 0 saturated heterocycles. The van der Waals surface area contributed by atoms with Gasteiger partial charge in [0, 0.05) is 12.0 Å². The van der Waals surface area contributed by atoms with Crippen molar-refractivity contribution in [1.29, 1.82) is 0 Å². The van der Waals surface area contributed by atoms with Gasteiger partial charge in [0.2, 0.25) is 5.91 Å². The van der Waals surface area contributed by atoms with Crippen LogP contribution in [0.25, 0.3) is 0 Å². The lowest BCUT2D eigenvalue weighted by molar-refractivity contribution is -0.126. The highest BCUT2D eigenvalue weighted by Gasteiger charge is 2.26. The number of carbonyl (C=O) groups excluding carboxylic acids is 1. The maximum absolute atomic E-state index is 11.9. The standard InChI is InChI=1S/C13H25NO/c1-4-6-12(9-11-7-5-8-11)13(15)14-10(2)3/h10-12H,4-9H2,1-3H3,(H,14,15). The molecule has 15 heavy (non-hydrogen) atoms. The van der Waals surface area contributed by atoms with Crippen LogP contribution in [-0.4, -0.2) is 11.9 Å². The lowest BCUT2D eigenvalue weighted by Crippen LogP contribution is -2.37. The Kier molecular flexibility index (Phi) is 5.13. The summed E-state index contributed by atoms with van der Waals surface area (Å²) in [5.74, 6) is 1.38. The van der Waals surface area contributed by atoms with Gasteiger partial charge >= 0.3 is 0 Å². The van der Waals surface area contributed by atoms with E-state index in [-0.39, 0.29) is 17.9 Å². The summed E-state index contributed by atoms with van der Waals surface area (Å²) in [6.45, 7) is 6.23. The summed E-state index contributed by atoms with van der Waals surface area (Å²) in [6.07, 6.45) is 7.34. The highest BCUT2D eigenvalue weighted by atomic mass is 16.1. The van der Waals surface area contributed by atoms with Crippen molar-refractivity contribution >= 4 is 5.91 Å². The molecule has 0 aromatic rings. The number of carbonyl (C=O) groups is 1. The molecule has 0 aromatic carbocycles. The molecule has 1 amide bonds. The Morgan fingerprint density at radius 1 is 1.40 bits per heavy atom. The summed E-state index contributed by atoms with van der Waals surface area (Å²) in [7, 11) is 0. The van der Waals surface area contributed by atoms with Crippen molar-refractivity contribution in [2.75, 3.05) is 0 Å². The van der Waals surface area contributed by atoms with E-state index in [2.05, 4.69) is 12.2 Å². The number of nitrogens with one attached hydrogen (secondary N) is 1. The smallest absolute Gasteiger partial charge is 0.223 e. The molecular formula is C13H25NO. The molecule has 1 saturated carbocycles. The number of hydrogen-bond acceptors (Lipinski definition) is 1. The first-order valence-corrected chi connectivity index (χ1v) is 6.43. The lowest BCUT2D eigenvalue weighted by atomic mass is 9.77. The molecule has 1 N–H and O–H groups in total. The zero-order valence-corrected chi connectivity index (χ0v) is 10.4. The molecule has 0 aliphatic heterocycles. The van der Waals surface area contributed by atoms with Crippen molar-refractivity contribution in [2.24, 2.45) is 11.8 Å². The van der Waals surface area contributed by atoms with E-state index in [1.165, 1.54) is 19.3 Å². The largest absolute Gasteiger partial charge is 0.354 e. The van der Waals surface area contributed by atoms with Gasteiger partial charge in [0.05, 0.1) is 0 Å². The Balaban J connectivity index is 2.36. The zero-order chi connectivity index (χ0) is 11.3. The van der Waals surface area contributed by atoms with Crippen molar-refractivity contribution in [3.63, 3.8) is 0 Å². The van der Waals surface area contributed by atoms with Crippen LogP contribution >= 0.6 is 0 Å². The van der Waals surface area contributed by atoms with Gasteiger partial charge in [0.15, 0.2) is 0 Å². The fraction of sp³-hybridized carbons (Fsp3) is 0.923. The Morgan fingerprint density at radius 2 is 2.07 bits per heavy atom. The summed E-state index contributed by atoms with van der Waals surface area (Å²) >= 11 is 0. The fourth-order valence-electron chi connectivity index (χ4n) is 2.24. The number of rotatable bonds is 6. The molecule has 2 nitrogen and oxygen atoms in total. The average Bonchev–Trinajstić information content (AvgIpc) is 2.07. The molecular weight excluding hydrogens is 186 g/mol. The monoisotopic (exact) mass is 211 g/mol. The van der Waals surface area contributed by atoms with Gasteiger partial charge in [-0.2, -0.15) is 0 Å². The molecule has 0 bridgehead atoms. The second-order valence-electron chi connectivity index (χ2n) is 5.18. The summed E-state index contributed by atoms with van der Waals surface area (Å²) in [4.78, 5) is 11.9. The molecule has 1 aliphatic rings. The maximum Gasteiger partial charge on any atom is 0.223 e. The van der Waals surface area contributed by atoms with Crippen LogP contribution < -0.4 is 5.32 Å². The second-order valence-corrected chi connectivity index (χ2v) is 5.18. The van der Waals surface area contributed by atoms with Gasteiger partial charge < -0.3 is 5.32 Å². The molecule has 0 spiro atoms. The van der Waals surface area contributed by atoms with Crippen LogP contribution in [0.1, 0.15) is 59.3 Å². The molecule has 1 fully saturated rings. The first-order valence-electron chi connectivity index (χ1n) is 6.43. The Bertz CT molecular complexity index is 197. The minimum absolute atomic E-state index is 0.266. The lowest BCUT2D eigenvalue weighted by Gasteiger charge is -2.29. The molecule has 2 heteroatoms. The second kappa shape index (κ2) is 6.14. The maximum atomic E-state index is 11.9. The van der Waals surface area contributed by atoms with Crippen LogP contribution in [0.3, 0.4) is 0 Å². The van der Waals surface area contributed by atoms with Crippen molar-refractivity contribution in [2.45, 2.75) is 65.3 Å². The Morgan fingerprint density at radius 3 is 2.47 bits per heavy atom. The van der Waals surface area contributed by atoms with Gasteiger partial charge in [-0.25, -0.2) is 0 Å². The molecule has 0 radical (unpaired) electrons. The van der Waals surface area contributed by atoms with E-state index in [0.29, 0.717) is 0 Å². The molecule has 1 aliphatic carbocycles. The molecule has 1 atom stereocenters. The van der Waals surface area contributed by atoms with Crippen LogP contribution in [0.5, 0.6) is 0 Å². The van der Waals surface area contributed by atoms with Crippen LogP contribution in [0, 0.1) is 11.8 Å². The van der Waals surface area contributed by atoms with Crippen LogP contribution in [-0.2, 0) is 4.79 Å². The minimum Gasteiger partial charge on any atom is -0.354 e. The molecule has 0 aromatic heterocycles. The molecule has 1 rings (SSSR count). The van der Waals surface area contributed by atoms with E-state index < -0.39 is 0 Å². The summed E-state index contributed by atoms with van der Waals surface area (Å²) in [6, 6.07) is 0.276. The van der Waals surface area contributed by atoms with E-state index in [1.807, 2.05) is 13.8 Å². The molecule has 88 valence electrons. The summed E-state index contributed by atoms with van der Waals surface area (Å²) in [5, 5.41) is 3.04. The minimum atomic E-state index is 0.266. The summed E-state index contributed by atoms with van der Waals surface area (Å²) in [5.41, 5.74) is 0. The van der Waals surface area contributed by atoms with E-state index >= 15 is 0 Å². The summed E-state index contributed by atoms with van der Waals surface area (Å²) < 4.78 is 0. The Labute approximate surface area is 93.8 Å². The number of hydrogen-bond donors (Lipinski definition) is 1. The van der Waals surface area contributed by atoms with Gasteiger partial charge in [-0.05, 0) is 32.6 Å². The van der Waals surface area contributed by atoms with Gasteiger partial charge in [0.25, 0.3) is 0 Å². The third kappa shape index (κ3) is 4.23. The van der Waals surface area contributed by atoms with Gasteiger partial charge in [0.1, 0.15) is 0 Å². The predicted octanol–water partition coefficient (Wildman–Crippen LogP) is 3.12. The van der Waals surface area contributed by atoms with E-state index in [4.69, 9.17) is 0 Å². The molecule has 0 heterocycles. The third-order valence-corrected chi connectivity index (χ3v) is 3.28. The van der Waals surface area contributed by atoms with Crippen LogP contribution in [0.15, 0.2) is 0 Å². The van der Waals surface area contributed by atoms with Crippen molar-refractivity contribution in [3.8, 4) is 0 Å². The normalized spacial score (nSPS) is 18.7. The van der Waals surface area contributed by atoms with Crippen molar-refractivity contribution < 1.29 is 4.79 Å². The van der Waals surface area contributed by atoms with Gasteiger partial charge in [-0.3, -0.25) is 4.79 Å². The third-order valence-electron chi connectivity index (χ3n) is 3.28. The quantitative estimate of drug-likeness (QED) is 0.718. The van der Waals surface area contributed by atoms with Crippen LogP contribution in [0.4, 0.5) is 0 Å². The highest BCUT2D eigenvalue weighted by molar-refractivity contribution is 5.78. The van der Waals surface area contributed by atoms with Gasteiger partial charge in [-0.1, -0.05) is 32.6 Å². The first-order chi connectivity index (χ1) is 7.13. The molecule has 1 unspecified atom stereocenters. The van der Waals surface area contributed by atoms with Gasteiger partial charge in [-0.15, -0.1) is 0 Å². The first kappa shape index (κ1) is 12.5. The predicted molar refractivity (Wildman–Crippen MR) is 63.6 cm³/mol. The zero-order valence-electron chi connectivity index (χ0n) is 10.4. The highest BCUT2D eigenvalue weighted by Crippen LogP contribution is 2.33. The number of amides is 1. The van der Waals surface area contributed by atoms with Crippen molar-refractivity contribution in [1.82, 2.24) is 5.32 Å². The average molecular weight is 211 g/mol. The Hall–Kier alpha value is -0.530. The van der Waals surface area contributed by atoms with E-state index in [1.54, 1.807) is 0 Å². The van der Waals surface area contributed by atoms with Crippen LogP contribution in [0.2, 0.25) is 0 Å². The van der Waals surface area contributed by atoms with E-state index in [9.17, 15) is 4.79 Å². The SMILES string of the molecule is CCCC(CC1CCC1)C(=O)NC(C)C. The van der Waals surface area contributed by atoms with Crippen molar-refractivity contribution in [3.05, 3.63) is 0 Å². The van der Waals surface area contributed by atoms with E-state index in [0.717, 1.165) is 25.2 Å². The fourth-order valence-corrected chi connectivity index (χ4v) is 2.24.